The second-order valence-electron chi connectivity index (χ2n) is 10.5. The van der Waals surface area contributed by atoms with Gasteiger partial charge in [-0.15, -0.1) is 0 Å². The van der Waals surface area contributed by atoms with Gasteiger partial charge < -0.3 is 15.3 Å². The van der Waals surface area contributed by atoms with Crippen LogP contribution in [0, 0.1) is 0 Å². The number of aliphatic hydroxyl groups is 1. The second-order valence-corrected chi connectivity index (χ2v) is 10.5. The molecule has 6 nitrogen and oxygen atoms in total. The van der Waals surface area contributed by atoms with Gasteiger partial charge in [-0.05, 0) is 38.8 Å². The topological polar surface area (TPSA) is 68.7 Å². The van der Waals surface area contributed by atoms with Crippen LogP contribution in [0.2, 0.25) is 0 Å². The first-order chi connectivity index (χ1) is 17.1. The molecule has 0 radical (unpaired) electrons. The lowest BCUT2D eigenvalue weighted by Crippen LogP contribution is -2.49. The fourth-order valence-electron chi connectivity index (χ4n) is 4.84. The molecule has 0 aliphatic carbocycles. The molecule has 0 aromatic carbocycles. The maximum absolute atomic E-state index is 12.4. The number of unbranched alkanes of at least 4 members (excludes halogenated alkanes) is 13. The summed E-state index contributed by atoms with van der Waals surface area (Å²) in [6.45, 7) is 9.69. The van der Waals surface area contributed by atoms with Crippen LogP contribution < -0.4 is 10.2 Å². The number of amides is 1. The van der Waals surface area contributed by atoms with Gasteiger partial charge in [0.05, 0.1) is 5.56 Å². The first kappa shape index (κ1) is 29.6. The summed E-state index contributed by atoms with van der Waals surface area (Å²) in [4.78, 5) is 21.8. The number of carbonyl (C=O) groups is 1. The van der Waals surface area contributed by atoms with Crippen LogP contribution in [-0.2, 0) is 0 Å². The van der Waals surface area contributed by atoms with Crippen molar-refractivity contribution in [3.8, 4) is 0 Å². The Morgan fingerprint density at radius 1 is 0.829 bits per heavy atom. The van der Waals surface area contributed by atoms with Gasteiger partial charge in [-0.25, -0.2) is 4.98 Å². The van der Waals surface area contributed by atoms with Crippen LogP contribution in [0.4, 0.5) is 5.82 Å². The minimum absolute atomic E-state index is 0.0120. The summed E-state index contributed by atoms with van der Waals surface area (Å²) in [6.07, 6.45) is 19.4. The highest BCUT2D eigenvalue weighted by Crippen LogP contribution is 2.16. The summed E-state index contributed by atoms with van der Waals surface area (Å²) in [7, 11) is 0. The second kappa shape index (κ2) is 18.6. The Bertz CT molecular complexity index is 657. The lowest BCUT2D eigenvalue weighted by Gasteiger charge is -2.37. The summed E-state index contributed by atoms with van der Waals surface area (Å²) >= 11 is 0. The van der Waals surface area contributed by atoms with E-state index in [-0.39, 0.29) is 5.91 Å². The minimum atomic E-state index is -0.0120. The van der Waals surface area contributed by atoms with Gasteiger partial charge in [0.25, 0.3) is 5.91 Å². The number of hydrogen-bond donors (Lipinski definition) is 2. The molecule has 6 heteroatoms. The standard InChI is InChI=1S/C29H52N4O2/c1-26(2)32-20-22-33(23-21-32)28-18-17-27(25-31-28)29(35)30-19-15-13-11-9-7-5-3-4-6-8-10-12-14-16-24-34/h17-18,25-26,34H,3-16,19-24H2,1-2H3,(H,30,35). The van der Waals surface area contributed by atoms with Crippen LogP contribution in [0.5, 0.6) is 0 Å². The Morgan fingerprint density at radius 2 is 1.34 bits per heavy atom. The number of carbonyl (C=O) groups excluding carboxylic acids is 1. The van der Waals surface area contributed by atoms with Crippen LogP contribution in [0.15, 0.2) is 18.3 Å². The molecule has 1 aromatic heterocycles. The number of aromatic nitrogens is 1. The third-order valence-corrected chi connectivity index (χ3v) is 7.25. The van der Waals surface area contributed by atoms with E-state index in [1.165, 1.54) is 77.0 Å². The molecular weight excluding hydrogens is 436 g/mol. The molecule has 2 heterocycles. The Balaban J connectivity index is 1.43. The lowest BCUT2D eigenvalue weighted by atomic mass is 10.0. The quantitative estimate of drug-likeness (QED) is 0.241. The Hall–Kier alpha value is -1.66. The third-order valence-electron chi connectivity index (χ3n) is 7.25. The zero-order chi connectivity index (χ0) is 25.1. The highest BCUT2D eigenvalue weighted by atomic mass is 16.2. The Morgan fingerprint density at radius 3 is 1.80 bits per heavy atom. The molecule has 1 aliphatic heterocycles. The van der Waals surface area contributed by atoms with Gasteiger partial charge in [0.1, 0.15) is 5.82 Å². The number of aliphatic hydroxyl groups excluding tert-OH is 1. The number of piperazine rings is 1. The molecule has 0 spiro atoms. The average Bonchev–Trinajstić information content (AvgIpc) is 2.88. The molecule has 0 bridgehead atoms. The molecule has 1 aromatic rings. The van der Waals surface area contributed by atoms with Gasteiger partial charge in [-0.1, -0.05) is 77.0 Å². The SMILES string of the molecule is CC(C)N1CCN(c2ccc(C(=O)NCCCCCCCCCCCCCCCCO)cn2)CC1. The van der Waals surface area contributed by atoms with Crippen molar-refractivity contribution in [2.24, 2.45) is 0 Å². The number of anilines is 1. The normalized spacial score (nSPS) is 14.6. The van der Waals surface area contributed by atoms with Crippen molar-refractivity contribution < 1.29 is 9.90 Å². The predicted octanol–water partition coefficient (Wildman–Crippen LogP) is 5.80. The van der Waals surface area contributed by atoms with Crippen molar-refractivity contribution in [3.63, 3.8) is 0 Å². The monoisotopic (exact) mass is 488 g/mol. The largest absolute Gasteiger partial charge is 0.396 e. The van der Waals surface area contributed by atoms with Crippen LogP contribution in [0.25, 0.3) is 0 Å². The summed E-state index contributed by atoms with van der Waals surface area (Å²) < 4.78 is 0. The van der Waals surface area contributed by atoms with E-state index in [1.54, 1.807) is 6.20 Å². The maximum atomic E-state index is 12.4. The maximum Gasteiger partial charge on any atom is 0.252 e. The summed E-state index contributed by atoms with van der Waals surface area (Å²) in [5.41, 5.74) is 0.653. The molecule has 1 fully saturated rings. The molecule has 1 saturated heterocycles. The number of hydrogen-bond acceptors (Lipinski definition) is 5. The molecular formula is C29H52N4O2. The average molecular weight is 489 g/mol. The Labute approximate surface area is 214 Å². The van der Waals surface area contributed by atoms with Crippen molar-refractivity contribution in [2.45, 2.75) is 110 Å². The molecule has 200 valence electrons. The van der Waals surface area contributed by atoms with Gasteiger partial charge in [-0.2, -0.15) is 0 Å². The molecule has 0 saturated carbocycles. The fraction of sp³-hybridized carbons (Fsp3) is 0.793. The van der Waals surface area contributed by atoms with Gasteiger partial charge in [0.2, 0.25) is 0 Å². The molecule has 2 N–H and O–H groups in total. The van der Waals surface area contributed by atoms with E-state index in [0.29, 0.717) is 18.2 Å². The molecule has 0 unspecified atom stereocenters. The van der Waals surface area contributed by atoms with Gasteiger partial charge in [0.15, 0.2) is 0 Å². The lowest BCUT2D eigenvalue weighted by molar-refractivity contribution is 0.0952. The first-order valence-corrected chi connectivity index (χ1v) is 14.5. The smallest absolute Gasteiger partial charge is 0.252 e. The van der Waals surface area contributed by atoms with E-state index in [2.05, 4.69) is 33.9 Å². The number of nitrogens with zero attached hydrogens (tertiary/aromatic N) is 3. The molecule has 35 heavy (non-hydrogen) atoms. The van der Waals surface area contributed by atoms with E-state index in [9.17, 15) is 4.79 Å². The number of rotatable bonds is 19. The minimum Gasteiger partial charge on any atom is -0.396 e. The molecule has 1 amide bonds. The molecule has 2 rings (SSSR count). The van der Waals surface area contributed by atoms with Crippen LogP contribution in [-0.4, -0.2) is 66.3 Å². The van der Waals surface area contributed by atoms with Gasteiger partial charge >= 0.3 is 0 Å². The zero-order valence-corrected chi connectivity index (χ0v) is 22.6. The highest BCUT2D eigenvalue weighted by Gasteiger charge is 2.19. The third kappa shape index (κ3) is 12.7. The fourth-order valence-corrected chi connectivity index (χ4v) is 4.84. The van der Waals surface area contributed by atoms with Crippen molar-refractivity contribution in [3.05, 3.63) is 23.9 Å². The number of pyridine rings is 1. The van der Waals surface area contributed by atoms with Gasteiger partial charge in [0, 0.05) is 51.6 Å². The summed E-state index contributed by atoms with van der Waals surface area (Å²) in [5.74, 6) is 0.960. The number of nitrogens with one attached hydrogen (secondary N) is 1. The van der Waals surface area contributed by atoms with Crippen LogP contribution >= 0.6 is 0 Å². The van der Waals surface area contributed by atoms with E-state index in [1.807, 2.05) is 12.1 Å². The van der Waals surface area contributed by atoms with Crippen molar-refractivity contribution in [2.75, 3.05) is 44.2 Å². The van der Waals surface area contributed by atoms with E-state index >= 15 is 0 Å². The molecule has 0 atom stereocenters. The van der Waals surface area contributed by atoms with E-state index < -0.39 is 0 Å². The van der Waals surface area contributed by atoms with Crippen LogP contribution in [0.3, 0.4) is 0 Å². The van der Waals surface area contributed by atoms with Crippen molar-refractivity contribution in [1.29, 1.82) is 0 Å². The van der Waals surface area contributed by atoms with Gasteiger partial charge in [-0.3, -0.25) is 9.69 Å². The Kier molecular flexibility index (Phi) is 15.7. The van der Waals surface area contributed by atoms with Crippen molar-refractivity contribution >= 4 is 11.7 Å². The highest BCUT2D eigenvalue weighted by molar-refractivity contribution is 5.94. The molecule has 1 aliphatic rings. The first-order valence-electron chi connectivity index (χ1n) is 14.5. The summed E-state index contributed by atoms with van der Waals surface area (Å²) in [5, 5.41) is 11.8. The van der Waals surface area contributed by atoms with Crippen molar-refractivity contribution in [1.82, 2.24) is 15.2 Å². The predicted molar refractivity (Wildman–Crippen MR) is 147 cm³/mol. The van der Waals surface area contributed by atoms with E-state index in [0.717, 1.165) is 51.4 Å². The zero-order valence-electron chi connectivity index (χ0n) is 22.6. The summed E-state index contributed by atoms with van der Waals surface area (Å²) in [6, 6.07) is 4.48. The van der Waals surface area contributed by atoms with Crippen LogP contribution in [0.1, 0.15) is 114 Å². The van der Waals surface area contributed by atoms with E-state index in [4.69, 9.17) is 5.11 Å².